The Balaban J connectivity index is 2.29. The van der Waals surface area contributed by atoms with Crippen molar-refractivity contribution in [2.24, 2.45) is 7.05 Å². The maximum atomic E-state index is 12.3. The van der Waals surface area contributed by atoms with Crippen LogP contribution < -0.4 is 0 Å². The number of amides is 1. The molecule has 20 heavy (non-hydrogen) atoms. The fraction of sp³-hybridized carbons (Fsp3) is 0.308. The Morgan fingerprint density at radius 3 is 2.80 bits per heavy atom. The van der Waals surface area contributed by atoms with Crippen LogP contribution in [0.5, 0.6) is 0 Å². The maximum Gasteiger partial charge on any atom is 0.326 e. The van der Waals surface area contributed by atoms with Crippen LogP contribution in [0.25, 0.3) is 6.08 Å². The number of carbonyl (C=O) groups excluding carboxylic acids is 1. The Morgan fingerprint density at radius 2 is 2.30 bits per heavy atom. The van der Waals surface area contributed by atoms with Crippen LogP contribution >= 0.6 is 24.0 Å². The fourth-order valence-electron chi connectivity index (χ4n) is 1.98. The normalized spacial score (nSPS) is 18.9. The molecule has 1 saturated heterocycles. The van der Waals surface area contributed by atoms with E-state index in [9.17, 15) is 9.59 Å². The molecule has 1 atom stereocenters. The quantitative estimate of drug-likeness (QED) is 0.681. The molecular weight excluding hydrogens is 296 g/mol. The van der Waals surface area contributed by atoms with Crippen molar-refractivity contribution in [2.75, 3.05) is 0 Å². The standard InChI is InChI=1S/C13H14N2O3S2/c1-3-9(12(17)18)15-11(16)10(20-13(15)19)6-8-4-5-14(2)7-8/h4-7,9H,3H2,1-2H3,(H,17,18)/b10-6+/t9-/m1/s1. The lowest BCUT2D eigenvalue weighted by molar-refractivity contribution is -0.145. The lowest BCUT2D eigenvalue weighted by Gasteiger charge is -2.21. The molecule has 1 aromatic heterocycles. The molecule has 7 heteroatoms. The van der Waals surface area contributed by atoms with E-state index in [1.165, 1.54) is 4.90 Å². The van der Waals surface area contributed by atoms with Crippen molar-refractivity contribution >= 4 is 46.3 Å². The highest BCUT2D eigenvalue weighted by Crippen LogP contribution is 2.34. The first-order chi connectivity index (χ1) is 9.43. The Hall–Kier alpha value is -1.60. The molecule has 1 aliphatic heterocycles. The molecule has 0 aromatic carbocycles. The van der Waals surface area contributed by atoms with Gasteiger partial charge in [0, 0.05) is 19.4 Å². The van der Waals surface area contributed by atoms with E-state index in [0.29, 0.717) is 15.6 Å². The lowest BCUT2D eigenvalue weighted by Crippen LogP contribution is -2.43. The molecule has 1 aliphatic rings. The number of carboxylic acid groups (broad SMARTS) is 1. The predicted octanol–water partition coefficient (Wildman–Crippen LogP) is 2.09. The highest BCUT2D eigenvalue weighted by molar-refractivity contribution is 8.26. The largest absolute Gasteiger partial charge is 0.480 e. The van der Waals surface area contributed by atoms with E-state index in [4.69, 9.17) is 17.3 Å². The van der Waals surface area contributed by atoms with Crippen molar-refractivity contribution in [3.63, 3.8) is 0 Å². The summed E-state index contributed by atoms with van der Waals surface area (Å²) in [5.41, 5.74) is 0.886. The van der Waals surface area contributed by atoms with Crippen LogP contribution in [-0.2, 0) is 16.6 Å². The van der Waals surface area contributed by atoms with Gasteiger partial charge in [0.05, 0.1) is 4.91 Å². The second-order valence-corrected chi connectivity index (χ2v) is 6.10. The molecule has 2 rings (SSSR count). The predicted molar refractivity (Wildman–Crippen MR) is 82.1 cm³/mol. The maximum absolute atomic E-state index is 12.3. The first-order valence-electron chi connectivity index (χ1n) is 6.06. The first kappa shape index (κ1) is 14.8. The van der Waals surface area contributed by atoms with Crippen LogP contribution in [0.4, 0.5) is 0 Å². The third kappa shape index (κ3) is 2.78. The Kier molecular flexibility index (Phi) is 4.29. The molecule has 1 N–H and O–H groups in total. The van der Waals surface area contributed by atoms with Crippen LogP contribution in [0.2, 0.25) is 0 Å². The molecule has 0 aliphatic carbocycles. The van der Waals surface area contributed by atoms with Crippen molar-refractivity contribution in [3.05, 3.63) is 28.9 Å². The third-order valence-corrected chi connectivity index (χ3v) is 4.29. The molecule has 5 nitrogen and oxygen atoms in total. The van der Waals surface area contributed by atoms with Crippen LogP contribution in [0, 0.1) is 0 Å². The van der Waals surface area contributed by atoms with Crippen molar-refractivity contribution in [1.29, 1.82) is 0 Å². The minimum absolute atomic E-state index is 0.298. The fourth-order valence-corrected chi connectivity index (χ4v) is 3.33. The van der Waals surface area contributed by atoms with Gasteiger partial charge in [0.2, 0.25) is 0 Å². The van der Waals surface area contributed by atoms with E-state index in [1.807, 2.05) is 30.1 Å². The second-order valence-electron chi connectivity index (χ2n) is 4.42. The number of nitrogens with zero attached hydrogens (tertiary/aromatic N) is 2. The monoisotopic (exact) mass is 310 g/mol. The third-order valence-electron chi connectivity index (χ3n) is 2.96. The molecule has 1 fully saturated rings. The average molecular weight is 310 g/mol. The van der Waals surface area contributed by atoms with Crippen molar-refractivity contribution in [1.82, 2.24) is 9.47 Å². The Morgan fingerprint density at radius 1 is 1.60 bits per heavy atom. The number of rotatable bonds is 4. The van der Waals surface area contributed by atoms with E-state index in [0.717, 1.165) is 17.3 Å². The van der Waals surface area contributed by atoms with Gasteiger partial charge in [-0.1, -0.05) is 30.9 Å². The molecule has 0 saturated carbocycles. The van der Waals surface area contributed by atoms with E-state index < -0.39 is 12.0 Å². The van der Waals surface area contributed by atoms with Gasteiger partial charge in [-0.2, -0.15) is 0 Å². The van der Waals surface area contributed by atoms with Gasteiger partial charge in [0.1, 0.15) is 10.4 Å². The smallest absolute Gasteiger partial charge is 0.326 e. The number of aliphatic carboxylic acids is 1. The summed E-state index contributed by atoms with van der Waals surface area (Å²) in [6.45, 7) is 1.72. The molecule has 1 amide bonds. The summed E-state index contributed by atoms with van der Waals surface area (Å²) in [4.78, 5) is 25.2. The molecule has 0 unspecified atom stereocenters. The number of thioether (sulfide) groups is 1. The van der Waals surface area contributed by atoms with Gasteiger partial charge in [0.15, 0.2) is 0 Å². The molecule has 0 spiro atoms. The number of carboxylic acids is 1. The van der Waals surface area contributed by atoms with E-state index in [2.05, 4.69) is 0 Å². The minimum atomic E-state index is -1.04. The zero-order valence-corrected chi connectivity index (χ0v) is 12.7. The van der Waals surface area contributed by atoms with Gasteiger partial charge in [-0.25, -0.2) is 4.79 Å². The minimum Gasteiger partial charge on any atom is -0.480 e. The Bertz CT molecular complexity index is 607. The summed E-state index contributed by atoms with van der Waals surface area (Å²) in [7, 11) is 1.89. The van der Waals surface area contributed by atoms with Gasteiger partial charge < -0.3 is 9.67 Å². The Labute approximate surface area is 126 Å². The summed E-state index contributed by atoms with van der Waals surface area (Å²) in [6, 6.07) is 0.977. The molecular formula is C13H14N2O3S2. The van der Waals surface area contributed by atoms with Crippen LogP contribution in [0.3, 0.4) is 0 Å². The summed E-state index contributed by atoms with van der Waals surface area (Å²) in [5, 5.41) is 9.16. The molecule has 0 bridgehead atoms. The molecule has 2 heterocycles. The highest BCUT2D eigenvalue weighted by atomic mass is 32.2. The highest BCUT2D eigenvalue weighted by Gasteiger charge is 2.39. The zero-order valence-electron chi connectivity index (χ0n) is 11.1. The number of hydrogen-bond acceptors (Lipinski definition) is 4. The van der Waals surface area contributed by atoms with Gasteiger partial charge in [0.25, 0.3) is 5.91 Å². The van der Waals surface area contributed by atoms with Gasteiger partial charge in [-0.15, -0.1) is 0 Å². The van der Waals surface area contributed by atoms with Crippen LogP contribution in [0.15, 0.2) is 23.4 Å². The lowest BCUT2D eigenvalue weighted by atomic mass is 10.2. The number of thiocarbonyl (C=S) groups is 1. The molecule has 0 radical (unpaired) electrons. The van der Waals surface area contributed by atoms with Gasteiger partial charge >= 0.3 is 5.97 Å². The summed E-state index contributed by atoms with van der Waals surface area (Å²) >= 11 is 6.28. The zero-order chi connectivity index (χ0) is 14.9. The topological polar surface area (TPSA) is 62.5 Å². The SMILES string of the molecule is CC[C@H](C(=O)O)N1C(=O)/C(=C\c2ccn(C)c2)SC1=S. The summed E-state index contributed by atoms with van der Waals surface area (Å²) in [5.74, 6) is -1.37. The number of carbonyl (C=O) groups is 2. The number of aromatic nitrogens is 1. The van der Waals surface area contributed by atoms with Crippen LogP contribution in [0.1, 0.15) is 18.9 Å². The van der Waals surface area contributed by atoms with E-state index in [1.54, 1.807) is 13.0 Å². The number of hydrogen-bond donors (Lipinski definition) is 1. The average Bonchev–Trinajstić information content (AvgIpc) is 2.89. The molecule has 106 valence electrons. The van der Waals surface area contributed by atoms with E-state index in [-0.39, 0.29) is 5.91 Å². The number of aryl methyl sites for hydroxylation is 1. The molecule has 1 aromatic rings. The summed E-state index contributed by atoms with van der Waals surface area (Å²) < 4.78 is 2.17. The van der Waals surface area contributed by atoms with Gasteiger partial charge in [-0.05, 0) is 24.1 Å². The second kappa shape index (κ2) is 5.80. The van der Waals surface area contributed by atoms with Crippen molar-refractivity contribution in [3.8, 4) is 0 Å². The van der Waals surface area contributed by atoms with Crippen LogP contribution in [-0.4, -0.2) is 36.8 Å². The summed E-state index contributed by atoms with van der Waals surface area (Å²) in [6.07, 6.45) is 5.80. The van der Waals surface area contributed by atoms with Crippen molar-refractivity contribution < 1.29 is 14.7 Å². The van der Waals surface area contributed by atoms with Crippen molar-refractivity contribution in [2.45, 2.75) is 19.4 Å². The van der Waals surface area contributed by atoms with Gasteiger partial charge in [-0.3, -0.25) is 9.69 Å². The first-order valence-corrected chi connectivity index (χ1v) is 7.28. The van der Waals surface area contributed by atoms with E-state index >= 15 is 0 Å².